The third-order valence-electron chi connectivity index (χ3n) is 6.46. The molecule has 0 aliphatic carbocycles. The van der Waals surface area contributed by atoms with Crippen LogP contribution in [0.2, 0.25) is 0 Å². The monoisotopic (exact) mass is 492 g/mol. The lowest BCUT2D eigenvalue weighted by atomic mass is 9.87. The number of amidine groups is 1. The van der Waals surface area contributed by atoms with E-state index < -0.39 is 22.5 Å². The Bertz CT molecular complexity index is 1080. The van der Waals surface area contributed by atoms with Crippen LogP contribution in [0.1, 0.15) is 60.8 Å². The molecule has 2 atom stereocenters. The molecule has 6 nitrogen and oxygen atoms in total. The van der Waals surface area contributed by atoms with E-state index in [2.05, 4.69) is 15.3 Å². The van der Waals surface area contributed by atoms with Crippen molar-refractivity contribution >= 4 is 28.7 Å². The number of alkyl halides is 3. The predicted molar refractivity (Wildman–Crippen MR) is 125 cm³/mol. The first-order valence-electron chi connectivity index (χ1n) is 11.2. The maximum atomic E-state index is 13.4. The number of H-pyrrole nitrogens is 1. The minimum absolute atomic E-state index is 0.0230. The number of hydrogen-bond acceptors (Lipinski definition) is 4. The highest BCUT2D eigenvalue weighted by molar-refractivity contribution is 8.16. The van der Waals surface area contributed by atoms with Crippen molar-refractivity contribution in [1.82, 2.24) is 15.2 Å². The van der Waals surface area contributed by atoms with E-state index in [0.717, 1.165) is 18.9 Å². The van der Waals surface area contributed by atoms with E-state index in [0.29, 0.717) is 30.4 Å². The first-order valence-corrected chi connectivity index (χ1v) is 12.1. The molecule has 0 saturated carbocycles. The van der Waals surface area contributed by atoms with E-state index in [-0.39, 0.29) is 23.3 Å². The molecule has 34 heavy (non-hydrogen) atoms. The van der Waals surface area contributed by atoms with Crippen molar-refractivity contribution in [3.63, 3.8) is 0 Å². The van der Waals surface area contributed by atoms with Gasteiger partial charge in [0.25, 0.3) is 5.91 Å². The highest BCUT2D eigenvalue weighted by atomic mass is 32.2. The van der Waals surface area contributed by atoms with E-state index in [1.807, 2.05) is 11.8 Å². The molecule has 3 heterocycles. The van der Waals surface area contributed by atoms with Gasteiger partial charge in [-0.05, 0) is 62.8 Å². The number of nitrogens with zero attached hydrogens (tertiary/aromatic N) is 2. The molecule has 2 fully saturated rings. The zero-order valence-electron chi connectivity index (χ0n) is 19.0. The summed E-state index contributed by atoms with van der Waals surface area (Å²) in [6.45, 7) is 4.69. The van der Waals surface area contributed by atoms with Gasteiger partial charge in [-0.15, -0.1) is 0 Å². The van der Waals surface area contributed by atoms with Crippen molar-refractivity contribution < 1.29 is 22.8 Å². The first-order chi connectivity index (χ1) is 16.1. The topological polar surface area (TPSA) is 77.6 Å². The van der Waals surface area contributed by atoms with Crippen molar-refractivity contribution in [3.05, 3.63) is 59.4 Å². The van der Waals surface area contributed by atoms with Gasteiger partial charge in [0.15, 0.2) is 5.17 Å². The standard InChI is InChI=1S/C24H27F3N4O2S/c1-15(17-6-3-4-7-18(17)24(25,26)27)29-22-30-21(33)23(2,34-22)14-16-9-12-31(13-10-16)20(32)19-8-5-11-28-19/h3-8,11,15-16,28H,9-10,12-14H2,1-2H3,(H,29,30,33)/t15-,23-/m0/s1. The molecule has 2 N–H and O–H groups in total. The van der Waals surface area contributed by atoms with Crippen LogP contribution in [0.5, 0.6) is 0 Å². The van der Waals surface area contributed by atoms with Crippen LogP contribution in [0.25, 0.3) is 0 Å². The number of thioether (sulfide) groups is 1. The van der Waals surface area contributed by atoms with E-state index in [4.69, 9.17) is 0 Å². The average molecular weight is 493 g/mol. The Morgan fingerprint density at radius 2 is 1.94 bits per heavy atom. The second-order valence-corrected chi connectivity index (χ2v) is 10.5. The van der Waals surface area contributed by atoms with E-state index in [9.17, 15) is 22.8 Å². The predicted octanol–water partition coefficient (Wildman–Crippen LogP) is 5.01. The second kappa shape index (κ2) is 9.48. The number of hydrogen-bond donors (Lipinski definition) is 2. The van der Waals surface area contributed by atoms with Crippen LogP contribution in [0.15, 0.2) is 47.6 Å². The lowest BCUT2D eigenvalue weighted by Gasteiger charge is -2.34. The molecule has 2 saturated heterocycles. The Kier molecular flexibility index (Phi) is 6.80. The number of aromatic nitrogens is 1. The molecule has 0 spiro atoms. The quantitative estimate of drug-likeness (QED) is 0.616. The molecule has 2 amide bonds. The lowest BCUT2D eigenvalue weighted by molar-refractivity contribution is -0.138. The zero-order valence-corrected chi connectivity index (χ0v) is 19.8. The molecule has 182 valence electrons. The van der Waals surface area contributed by atoms with Gasteiger partial charge >= 0.3 is 6.18 Å². The molecular formula is C24H27F3N4O2S. The van der Waals surface area contributed by atoms with Gasteiger partial charge in [-0.3, -0.25) is 14.6 Å². The van der Waals surface area contributed by atoms with Crippen LogP contribution in [-0.2, 0) is 11.0 Å². The summed E-state index contributed by atoms with van der Waals surface area (Å²) < 4.78 is 39.4. The summed E-state index contributed by atoms with van der Waals surface area (Å²) in [6, 6.07) is 8.15. The fourth-order valence-corrected chi connectivity index (χ4v) is 5.84. The molecule has 2 aliphatic heterocycles. The number of aromatic amines is 1. The average Bonchev–Trinajstić information content (AvgIpc) is 3.42. The molecule has 1 aromatic heterocycles. The van der Waals surface area contributed by atoms with Gasteiger partial charge in [0, 0.05) is 19.3 Å². The van der Waals surface area contributed by atoms with Crippen LogP contribution >= 0.6 is 11.8 Å². The Labute approximate surface area is 200 Å². The molecule has 0 radical (unpaired) electrons. The molecule has 1 aromatic carbocycles. The Hall–Kier alpha value is -2.75. The van der Waals surface area contributed by atoms with Crippen molar-refractivity contribution in [2.75, 3.05) is 13.1 Å². The Morgan fingerprint density at radius 3 is 2.59 bits per heavy atom. The van der Waals surface area contributed by atoms with Gasteiger partial charge in [0.2, 0.25) is 5.91 Å². The van der Waals surface area contributed by atoms with Gasteiger partial charge < -0.3 is 15.2 Å². The number of halogens is 3. The zero-order chi connectivity index (χ0) is 24.5. The SMILES string of the molecule is C[C@H](N=C1NC(=O)[C@](C)(CC2CCN(C(=O)c3ccc[nH]3)CC2)S1)c1ccccc1C(F)(F)F. The highest BCUT2D eigenvalue weighted by Gasteiger charge is 2.45. The molecule has 10 heteroatoms. The fourth-order valence-electron chi connectivity index (χ4n) is 4.60. The van der Waals surface area contributed by atoms with Crippen LogP contribution in [0, 0.1) is 5.92 Å². The van der Waals surface area contributed by atoms with Gasteiger partial charge in [0.05, 0.1) is 16.4 Å². The molecule has 2 aromatic rings. The third kappa shape index (κ3) is 5.16. The lowest BCUT2D eigenvalue weighted by Crippen LogP contribution is -2.42. The molecular weight excluding hydrogens is 465 g/mol. The summed E-state index contributed by atoms with van der Waals surface area (Å²) in [6.07, 6.45) is -0.558. The number of piperidine rings is 1. The summed E-state index contributed by atoms with van der Waals surface area (Å²) >= 11 is 1.28. The maximum absolute atomic E-state index is 13.4. The van der Waals surface area contributed by atoms with Crippen molar-refractivity contribution in [2.24, 2.45) is 10.9 Å². The summed E-state index contributed by atoms with van der Waals surface area (Å²) in [5.41, 5.74) is -0.0761. The smallest absolute Gasteiger partial charge is 0.357 e. The van der Waals surface area contributed by atoms with Crippen molar-refractivity contribution in [3.8, 4) is 0 Å². The summed E-state index contributed by atoms with van der Waals surface area (Å²) in [5.74, 6) is 0.0568. The van der Waals surface area contributed by atoms with Crippen molar-refractivity contribution in [2.45, 2.75) is 50.1 Å². The van der Waals surface area contributed by atoms with Gasteiger partial charge in [-0.1, -0.05) is 30.0 Å². The first kappa shape index (κ1) is 24.4. The number of amides is 2. The third-order valence-corrected chi connectivity index (χ3v) is 7.66. The summed E-state index contributed by atoms with van der Waals surface area (Å²) in [7, 11) is 0. The Balaban J connectivity index is 1.39. The number of rotatable bonds is 5. The fraction of sp³-hybridized carbons (Fsp3) is 0.458. The molecule has 4 rings (SSSR count). The number of nitrogens with one attached hydrogen (secondary N) is 2. The van der Waals surface area contributed by atoms with E-state index >= 15 is 0 Å². The molecule has 0 unspecified atom stereocenters. The summed E-state index contributed by atoms with van der Waals surface area (Å²) in [5, 5.41) is 3.11. The van der Waals surface area contributed by atoms with E-state index in [1.165, 1.54) is 23.9 Å². The Morgan fingerprint density at radius 1 is 1.24 bits per heavy atom. The maximum Gasteiger partial charge on any atom is 0.416 e. The number of likely N-dealkylation sites (tertiary alicyclic amines) is 1. The van der Waals surface area contributed by atoms with Gasteiger partial charge in [0.1, 0.15) is 5.69 Å². The number of carbonyl (C=O) groups is 2. The second-order valence-electron chi connectivity index (χ2n) is 9.01. The molecule has 0 bridgehead atoms. The normalized spacial score (nSPS) is 23.9. The van der Waals surface area contributed by atoms with Crippen LogP contribution in [0.3, 0.4) is 0 Å². The molecule has 2 aliphatic rings. The minimum atomic E-state index is -4.47. The number of aliphatic imine (C=N–C) groups is 1. The van der Waals surface area contributed by atoms with Crippen LogP contribution < -0.4 is 5.32 Å². The largest absolute Gasteiger partial charge is 0.416 e. The number of carbonyl (C=O) groups excluding carboxylic acids is 2. The minimum Gasteiger partial charge on any atom is -0.357 e. The van der Waals surface area contributed by atoms with Crippen LogP contribution in [-0.4, -0.2) is 44.7 Å². The highest BCUT2D eigenvalue weighted by Crippen LogP contribution is 2.41. The summed E-state index contributed by atoms with van der Waals surface area (Å²) in [4.78, 5) is 34.5. The van der Waals surface area contributed by atoms with Crippen LogP contribution in [0.4, 0.5) is 13.2 Å². The van der Waals surface area contributed by atoms with Crippen molar-refractivity contribution in [1.29, 1.82) is 0 Å². The van der Waals surface area contributed by atoms with Gasteiger partial charge in [-0.2, -0.15) is 13.2 Å². The number of benzene rings is 1. The van der Waals surface area contributed by atoms with Gasteiger partial charge in [-0.25, -0.2) is 0 Å². The van der Waals surface area contributed by atoms with E-state index in [1.54, 1.807) is 31.3 Å².